The van der Waals surface area contributed by atoms with Crippen molar-refractivity contribution in [3.63, 3.8) is 0 Å². The van der Waals surface area contributed by atoms with Crippen LogP contribution in [-0.2, 0) is 6.54 Å². The van der Waals surface area contributed by atoms with Gasteiger partial charge in [-0.2, -0.15) is 0 Å². The van der Waals surface area contributed by atoms with Crippen LogP contribution >= 0.6 is 11.3 Å². The van der Waals surface area contributed by atoms with Gasteiger partial charge in [0.05, 0.1) is 0 Å². The molecule has 2 nitrogen and oxygen atoms in total. The van der Waals surface area contributed by atoms with E-state index >= 15 is 0 Å². The lowest BCUT2D eigenvalue weighted by Gasteiger charge is -2.07. The van der Waals surface area contributed by atoms with E-state index in [0.29, 0.717) is 6.54 Å². The van der Waals surface area contributed by atoms with Gasteiger partial charge in [0.15, 0.2) is 0 Å². The number of hydrogen-bond acceptors (Lipinski definition) is 2. The number of thiophene rings is 1. The van der Waals surface area contributed by atoms with Gasteiger partial charge in [0.1, 0.15) is 0 Å². The molecule has 0 atom stereocenters. The molecule has 0 radical (unpaired) electrons. The van der Waals surface area contributed by atoms with Crippen molar-refractivity contribution < 1.29 is 4.79 Å². The molecule has 0 aliphatic heterocycles. The lowest BCUT2D eigenvalue weighted by molar-refractivity contribution is 0.0950. The summed E-state index contributed by atoms with van der Waals surface area (Å²) in [4.78, 5) is 13.4. The first-order chi connectivity index (χ1) is 8.59. The third kappa shape index (κ3) is 2.62. The summed E-state index contributed by atoms with van der Waals surface area (Å²) in [5, 5.41) is 5.09. The Hall–Kier alpha value is -1.61. The van der Waals surface area contributed by atoms with Gasteiger partial charge in [-0.15, -0.1) is 11.3 Å². The molecule has 0 aliphatic carbocycles. The number of carbonyl (C=O) groups excluding carboxylic acids is 1. The van der Waals surface area contributed by atoms with Gasteiger partial charge in [0.25, 0.3) is 5.91 Å². The molecule has 1 aromatic heterocycles. The van der Waals surface area contributed by atoms with E-state index in [1.54, 1.807) is 11.3 Å². The van der Waals surface area contributed by atoms with Crippen LogP contribution in [0, 0.1) is 20.8 Å². The number of amides is 1. The number of benzene rings is 1. The molecular weight excluding hydrogens is 242 g/mol. The van der Waals surface area contributed by atoms with E-state index in [2.05, 4.69) is 24.5 Å². The quantitative estimate of drug-likeness (QED) is 0.896. The number of hydrogen-bond donors (Lipinski definition) is 1. The summed E-state index contributed by atoms with van der Waals surface area (Å²) < 4.78 is 0. The molecule has 0 spiro atoms. The van der Waals surface area contributed by atoms with Crippen molar-refractivity contribution in [2.75, 3.05) is 0 Å². The summed E-state index contributed by atoms with van der Waals surface area (Å²) in [5.74, 6) is -0.00338. The van der Waals surface area contributed by atoms with Gasteiger partial charge in [0.2, 0.25) is 0 Å². The largest absolute Gasteiger partial charge is 0.348 e. The second-order valence-corrected chi connectivity index (χ2v) is 5.52. The third-order valence-corrected chi connectivity index (χ3v) is 4.28. The van der Waals surface area contributed by atoms with Gasteiger partial charge in [-0.1, -0.05) is 18.2 Å². The van der Waals surface area contributed by atoms with Crippen LogP contribution in [0.25, 0.3) is 0 Å². The van der Waals surface area contributed by atoms with Crippen LogP contribution in [-0.4, -0.2) is 5.91 Å². The maximum atomic E-state index is 12.0. The van der Waals surface area contributed by atoms with Crippen molar-refractivity contribution in [3.8, 4) is 0 Å². The van der Waals surface area contributed by atoms with Crippen molar-refractivity contribution in [2.45, 2.75) is 27.3 Å². The topological polar surface area (TPSA) is 29.1 Å². The zero-order valence-corrected chi connectivity index (χ0v) is 11.7. The van der Waals surface area contributed by atoms with E-state index in [9.17, 15) is 4.79 Å². The van der Waals surface area contributed by atoms with E-state index < -0.39 is 0 Å². The Labute approximate surface area is 112 Å². The molecule has 94 valence electrons. The summed E-state index contributed by atoms with van der Waals surface area (Å²) in [7, 11) is 0. The standard InChI is InChI=1S/C15H17NOS/c1-10-6-4-5-7-14(10)15(17)16-8-13-9-18-12(3)11(13)2/h4-7,9H,8H2,1-3H3,(H,16,17). The van der Waals surface area contributed by atoms with Crippen LogP contribution in [0.2, 0.25) is 0 Å². The molecule has 1 N–H and O–H groups in total. The minimum Gasteiger partial charge on any atom is -0.348 e. The molecule has 1 aromatic carbocycles. The minimum atomic E-state index is -0.00338. The van der Waals surface area contributed by atoms with Crippen molar-refractivity contribution >= 4 is 17.2 Å². The Morgan fingerprint density at radius 2 is 1.94 bits per heavy atom. The predicted molar refractivity (Wildman–Crippen MR) is 76.1 cm³/mol. The van der Waals surface area contributed by atoms with Gasteiger partial charge in [-0.25, -0.2) is 0 Å². The van der Waals surface area contributed by atoms with Crippen molar-refractivity contribution in [2.24, 2.45) is 0 Å². The van der Waals surface area contributed by atoms with Gasteiger partial charge in [0, 0.05) is 17.0 Å². The van der Waals surface area contributed by atoms with Crippen LogP contribution in [0.3, 0.4) is 0 Å². The molecule has 3 heteroatoms. The second-order valence-electron chi connectivity index (χ2n) is 4.44. The zero-order valence-electron chi connectivity index (χ0n) is 10.9. The van der Waals surface area contributed by atoms with Crippen molar-refractivity contribution in [1.82, 2.24) is 5.32 Å². The maximum absolute atomic E-state index is 12.0. The molecule has 18 heavy (non-hydrogen) atoms. The van der Waals surface area contributed by atoms with E-state index in [4.69, 9.17) is 0 Å². The summed E-state index contributed by atoms with van der Waals surface area (Å²) in [6, 6.07) is 7.64. The number of aryl methyl sites for hydroxylation is 2. The highest BCUT2D eigenvalue weighted by Gasteiger charge is 2.09. The molecule has 2 rings (SSSR count). The lowest BCUT2D eigenvalue weighted by Crippen LogP contribution is -2.23. The van der Waals surface area contributed by atoms with Crippen molar-refractivity contribution in [1.29, 1.82) is 0 Å². The van der Waals surface area contributed by atoms with Crippen LogP contribution in [0.4, 0.5) is 0 Å². The highest BCUT2D eigenvalue weighted by molar-refractivity contribution is 7.10. The van der Waals surface area contributed by atoms with Crippen LogP contribution in [0.5, 0.6) is 0 Å². The smallest absolute Gasteiger partial charge is 0.251 e. The average molecular weight is 259 g/mol. The van der Waals surface area contributed by atoms with E-state index in [0.717, 1.165) is 11.1 Å². The third-order valence-electron chi connectivity index (χ3n) is 3.22. The fraction of sp³-hybridized carbons (Fsp3) is 0.267. The summed E-state index contributed by atoms with van der Waals surface area (Å²) in [6.45, 7) is 6.76. The molecule has 0 unspecified atom stereocenters. The van der Waals surface area contributed by atoms with E-state index in [1.165, 1.54) is 16.0 Å². The second kappa shape index (κ2) is 5.36. The SMILES string of the molecule is Cc1ccccc1C(=O)NCc1csc(C)c1C. The molecule has 0 fully saturated rings. The summed E-state index contributed by atoms with van der Waals surface area (Å²) >= 11 is 1.73. The van der Waals surface area contributed by atoms with Gasteiger partial charge in [-0.3, -0.25) is 4.79 Å². The first kappa shape index (κ1) is 12.8. The summed E-state index contributed by atoms with van der Waals surface area (Å²) in [6.07, 6.45) is 0. The fourth-order valence-electron chi connectivity index (χ4n) is 1.84. The monoisotopic (exact) mass is 259 g/mol. The molecule has 1 heterocycles. The van der Waals surface area contributed by atoms with Gasteiger partial charge < -0.3 is 5.32 Å². The van der Waals surface area contributed by atoms with E-state index in [1.807, 2.05) is 31.2 Å². The van der Waals surface area contributed by atoms with Crippen LogP contribution in [0.1, 0.15) is 31.9 Å². The van der Waals surface area contributed by atoms with Gasteiger partial charge >= 0.3 is 0 Å². The zero-order chi connectivity index (χ0) is 13.1. The normalized spacial score (nSPS) is 10.4. The number of rotatable bonds is 3. The molecule has 2 aromatic rings. The van der Waals surface area contributed by atoms with Gasteiger partial charge in [-0.05, 0) is 48.9 Å². The van der Waals surface area contributed by atoms with Crippen LogP contribution in [0.15, 0.2) is 29.6 Å². The average Bonchev–Trinajstić information content (AvgIpc) is 2.68. The molecule has 0 saturated carbocycles. The fourth-order valence-corrected chi connectivity index (χ4v) is 2.72. The molecule has 0 aliphatic rings. The number of carbonyl (C=O) groups is 1. The lowest BCUT2D eigenvalue weighted by atomic mass is 10.1. The highest BCUT2D eigenvalue weighted by atomic mass is 32.1. The molecule has 0 bridgehead atoms. The Bertz CT molecular complexity index is 572. The molecule has 1 amide bonds. The Balaban J connectivity index is 2.05. The maximum Gasteiger partial charge on any atom is 0.251 e. The highest BCUT2D eigenvalue weighted by Crippen LogP contribution is 2.20. The first-order valence-corrected chi connectivity index (χ1v) is 6.85. The summed E-state index contributed by atoms with van der Waals surface area (Å²) in [5.41, 5.74) is 4.25. The minimum absolute atomic E-state index is 0.00338. The van der Waals surface area contributed by atoms with Crippen molar-refractivity contribution in [3.05, 3.63) is 56.8 Å². The molecular formula is C15H17NOS. The van der Waals surface area contributed by atoms with E-state index in [-0.39, 0.29) is 5.91 Å². The van der Waals surface area contributed by atoms with Crippen LogP contribution < -0.4 is 5.32 Å². The molecule has 0 saturated heterocycles. The number of nitrogens with one attached hydrogen (secondary N) is 1. The Morgan fingerprint density at radius 1 is 1.22 bits per heavy atom. The Morgan fingerprint density at radius 3 is 2.56 bits per heavy atom. The Kier molecular flexibility index (Phi) is 3.82. The predicted octanol–water partition coefficient (Wildman–Crippen LogP) is 3.60. The first-order valence-electron chi connectivity index (χ1n) is 5.97.